The van der Waals surface area contributed by atoms with E-state index in [4.69, 9.17) is 11.6 Å². The molecule has 0 unspecified atom stereocenters. The predicted octanol–water partition coefficient (Wildman–Crippen LogP) is 2.81. The van der Waals surface area contributed by atoms with Gasteiger partial charge in [-0.15, -0.1) is 0 Å². The van der Waals surface area contributed by atoms with E-state index in [1.807, 2.05) is 13.0 Å². The highest BCUT2D eigenvalue weighted by Crippen LogP contribution is 2.20. The van der Waals surface area contributed by atoms with Crippen molar-refractivity contribution in [3.05, 3.63) is 41.2 Å². The molecule has 0 saturated carbocycles. The Bertz CT molecular complexity index is 613. The molecule has 0 aliphatic carbocycles. The molecule has 0 spiro atoms. The van der Waals surface area contributed by atoms with E-state index in [-0.39, 0.29) is 19.1 Å². The number of halogens is 2. The predicted molar refractivity (Wildman–Crippen MR) is 83.6 cm³/mol. The second-order valence-electron chi connectivity index (χ2n) is 5.08. The monoisotopic (exact) mass is 325 g/mol. The highest BCUT2D eigenvalue weighted by atomic mass is 35.5. The van der Waals surface area contributed by atoms with E-state index < -0.39 is 11.7 Å². The van der Waals surface area contributed by atoms with Crippen LogP contribution in [0.2, 0.25) is 5.02 Å². The number of hydrogen-bond donors (Lipinski definition) is 1. The number of nitrogens with zero attached hydrogens (tertiary/aromatic N) is 2. The molecule has 1 heterocycles. The summed E-state index contributed by atoms with van der Waals surface area (Å²) in [4.78, 5) is 26.5. The molecule has 1 N–H and O–H groups in total. The molecule has 1 fully saturated rings. The van der Waals surface area contributed by atoms with Crippen LogP contribution in [-0.2, 0) is 4.79 Å². The zero-order valence-electron chi connectivity index (χ0n) is 12.2. The average Bonchev–Trinajstić information content (AvgIpc) is 2.50. The van der Waals surface area contributed by atoms with Crippen LogP contribution in [0.5, 0.6) is 0 Å². The van der Waals surface area contributed by atoms with Crippen molar-refractivity contribution in [2.75, 3.05) is 31.5 Å². The van der Waals surface area contributed by atoms with Crippen molar-refractivity contribution in [3.8, 4) is 0 Å². The van der Waals surface area contributed by atoms with Gasteiger partial charge in [-0.3, -0.25) is 4.79 Å². The van der Waals surface area contributed by atoms with Crippen LogP contribution in [-0.4, -0.2) is 47.9 Å². The zero-order valence-corrected chi connectivity index (χ0v) is 13.0. The van der Waals surface area contributed by atoms with E-state index in [1.165, 1.54) is 4.90 Å². The number of piperazine rings is 1. The lowest BCUT2D eigenvalue weighted by molar-refractivity contribution is -0.130. The van der Waals surface area contributed by atoms with Gasteiger partial charge in [-0.2, -0.15) is 0 Å². The van der Waals surface area contributed by atoms with Gasteiger partial charge in [-0.25, -0.2) is 9.18 Å². The van der Waals surface area contributed by atoms with Crippen LogP contribution in [0.4, 0.5) is 14.9 Å². The van der Waals surface area contributed by atoms with E-state index in [2.05, 4.69) is 11.9 Å². The molecule has 1 aromatic carbocycles. The number of hydrogen-bond acceptors (Lipinski definition) is 2. The number of carbonyl (C=O) groups is 2. The molecular weight excluding hydrogens is 309 g/mol. The fourth-order valence-electron chi connectivity index (χ4n) is 2.16. The maximum absolute atomic E-state index is 12.8. The van der Waals surface area contributed by atoms with Gasteiger partial charge >= 0.3 is 6.03 Å². The number of rotatable bonds is 2. The molecule has 0 bridgehead atoms. The third-order valence-corrected chi connectivity index (χ3v) is 3.92. The first-order valence-electron chi connectivity index (χ1n) is 6.84. The Balaban J connectivity index is 1.91. The summed E-state index contributed by atoms with van der Waals surface area (Å²) >= 11 is 6.01. The maximum Gasteiger partial charge on any atom is 0.321 e. The fourth-order valence-corrected chi connectivity index (χ4v) is 2.34. The number of anilines is 1. The topological polar surface area (TPSA) is 52.7 Å². The van der Waals surface area contributed by atoms with E-state index in [9.17, 15) is 14.0 Å². The van der Waals surface area contributed by atoms with Crippen LogP contribution >= 0.6 is 11.6 Å². The Morgan fingerprint density at radius 1 is 1.23 bits per heavy atom. The van der Waals surface area contributed by atoms with E-state index >= 15 is 0 Å². The summed E-state index contributed by atoms with van der Waals surface area (Å²) in [7, 11) is 0. The first kappa shape index (κ1) is 16.3. The van der Waals surface area contributed by atoms with Gasteiger partial charge in [-0.05, 0) is 24.6 Å². The minimum Gasteiger partial charge on any atom is -0.333 e. The second kappa shape index (κ2) is 6.79. The van der Waals surface area contributed by atoms with Crippen molar-refractivity contribution in [1.29, 1.82) is 0 Å². The van der Waals surface area contributed by atoms with Gasteiger partial charge < -0.3 is 15.1 Å². The minimum atomic E-state index is -0.979. The van der Waals surface area contributed by atoms with Gasteiger partial charge in [-0.1, -0.05) is 24.2 Å². The summed E-state index contributed by atoms with van der Waals surface area (Å²) in [6.07, 6.45) is 0. The standard InChI is InChI=1S/C15H17ClFN3O2/c1-10-3-4-12(9-13(10)16)18-15(22)20-7-5-19(6-8-20)14(21)11(2)17/h3-4,9H,2,5-8H2,1H3,(H,18,22). The number of carbonyl (C=O) groups excluding carboxylic acids is 2. The van der Waals surface area contributed by atoms with Crippen LogP contribution in [0.25, 0.3) is 0 Å². The second-order valence-corrected chi connectivity index (χ2v) is 5.49. The van der Waals surface area contributed by atoms with Crippen molar-refractivity contribution in [1.82, 2.24) is 9.80 Å². The lowest BCUT2D eigenvalue weighted by Crippen LogP contribution is -2.51. The number of aryl methyl sites for hydroxylation is 1. The number of urea groups is 1. The Morgan fingerprint density at radius 2 is 1.82 bits per heavy atom. The molecule has 1 aliphatic rings. The fraction of sp³-hybridized carbons (Fsp3) is 0.333. The van der Waals surface area contributed by atoms with Crippen molar-refractivity contribution >= 4 is 29.2 Å². The minimum absolute atomic E-state index is 0.272. The normalized spacial score (nSPS) is 14.7. The van der Waals surface area contributed by atoms with Crippen LogP contribution in [0, 0.1) is 6.92 Å². The van der Waals surface area contributed by atoms with Crippen LogP contribution in [0.1, 0.15) is 5.56 Å². The van der Waals surface area contributed by atoms with Gasteiger partial charge in [0.1, 0.15) is 0 Å². The SMILES string of the molecule is C=C(F)C(=O)N1CCN(C(=O)Nc2ccc(C)c(Cl)c2)CC1. The van der Waals surface area contributed by atoms with Crippen molar-refractivity contribution in [2.45, 2.75) is 6.92 Å². The van der Waals surface area contributed by atoms with Crippen molar-refractivity contribution < 1.29 is 14.0 Å². The Labute approximate surface area is 133 Å². The third-order valence-electron chi connectivity index (χ3n) is 3.51. The van der Waals surface area contributed by atoms with E-state index in [1.54, 1.807) is 17.0 Å². The molecule has 118 valence electrons. The number of amides is 3. The van der Waals surface area contributed by atoms with Gasteiger partial charge in [0.2, 0.25) is 0 Å². The summed E-state index contributed by atoms with van der Waals surface area (Å²) in [5.74, 6) is -1.70. The quantitative estimate of drug-likeness (QED) is 0.850. The lowest BCUT2D eigenvalue weighted by Gasteiger charge is -2.34. The first-order chi connectivity index (χ1) is 10.4. The molecule has 5 nitrogen and oxygen atoms in total. The van der Waals surface area contributed by atoms with E-state index in [0.717, 1.165) is 5.56 Å². The first-order valence-corrected chi connectivity index (χ1v) is 7.22. The molecule has 1 aromatic rings. The van der Waals surface area contributed by atoms with Crippen molar-refractivity contribution in [2.24, 2.45) is 0 Å². The molecule has 1 saturated heterocycles. The molecule has 0 radical (unpaired) electrons. The van der Waals surface area contributed by atoms with E-state index in [0.29, 0.717) is 23.8 Å². The smallest absolute Gasteiger partial charge is 0.321 e. The van der Waals surface area contributed by atoms with Gasteiger partial charge in [0, 0.05) is 36.9 Å². The molecular formula is C15H17ClFN3O2. The molecule has 2 rings (SSSR count). The van der Waals surface area contributed by atoms with Crippen LogP contribution in [0.15, 0.2) is 30.6 Å². The Hall–Kier alpha value is -2.08. The summed E-state index contributed by atoms with van der Waals surface area (Å²) < 4.78 is 12.8. The molecule has 7 heteroatoms. The lowest BCUT2D eigenvalue weighted by atomic mass is 10.2. The van der Waals surface area contributed by atoms with Crippen LogP contribution < -0.4 is 5.32 Å². The number of benzene rings is 1. The van der Waals surface area contributed by atoms with Crippen molar-refractivity contribution in [3.63, 3.8) is 0 Å². The van der Waals surface area contributed by atoms with Gasteiger partial charge in [0.05, 0.1) is 0 Å². The average molecular weight is 326 g/mol. The molecule has 1 aliphatic heterocycles. The molecule has 0 aromatic heterocycles. The van der Waals surface area contributed by atoms with Crippen LogP contribution in [0.3, 0.4) is 0 Å². The third kappa shape index (κ3) is 3.76. The molecule has 0 atom stereocenters. The summed E-state index contributed by atoms with van der Waals surface area (Å²) in [5, 5.41) is 3.33. The summed E-state index contributed by atoms with van der Waals surface area (Å²) in [5.41, 5.74) is 1.54. The largest absolute Gasteiger partial charge is 0.333 e. The molecule has 22 heavy (non-hydrogen) atoms. The Kier molecular flexibility index (Phi) is 5.03. The zero-order chi connectivity index (χ0) is 16.3. The summed E-state index contributed by atoms with van der Waals surface area (Å²) in [6, 6.07) is 5.00. The Morgan fingerprint density at radius 3 is 2.36 bits per heavy atom. The highest BCUT2D eigenvalue weighted by molar-refractivity contribution is 6.31. The van der Waals surface area contributed by atoms with Gasteiger partial charge in [0.25, 0.3) is 5.91 Å². The highest BCUT2D eigenvalue weighted by Gasteiger charge is 2.25. The number of nitrogens with one attached hydrogen (secondary N) is 1. The van der Waals surface area contributed by atoms with Gasteiger partial charge in [0.15, 0.2) is 5.83 Å². The molecule has 3 amide bonds. The maximum atomic E-state index is 12.8. The summed E-state index contributed by atoms with van der Waals surface area (Å²) in [6.45, 7) is 6.11.